The van der Waals surface area contributed by atoms with Gasteiger partial charge in [0, 0.05) is 38.3 Å². The van der Waals surface area contributed by atoms with Gasteiger partial charge in [0.15, 0.2) is 0 Å². The van der Waals surface area contributed by atoms with Crippen LogP contribution in [0.4, 0.5) is 8.78 Å². The highest BCUT2D eigenvalue weighted by molar-refractivity contribution is 5.94. The zero-order valence-corrected chi connectivity index (χ0v) is 14.7. The van der Waals surface area contributed by atoms with Crippen molar-refractivity contribution in [2.75, 3.05) is 26.2 Å². The first-order valence-electron chi connectivity index (χ1n) is 8.63. The highest BCUT2D eigenvalue weighted by Crippen LogP contribution is 2.17. The van der Waals surface area contributed by atoms with Crippen LogP contribution < -0.4 is 4.74 Å². The van der Waals surface area contributed by atoms with Gasteiger partial charge in [0.05, 0.1) is 0 Å². The minimum atomic E-state index is -2.86. The Morgan fingerprint density at radius 1 is 1.00 bits per heavy atom. The van der Waals surface area contributed by atoms with Crippen LogP contribution in [0.25, 0.3) is 0 Å². The van der Waals surface area contributed by atoms with E-state index in [4.69, 9.17) is 0 Å². The van der Waals surface area contributed by atoms with E-state index in [0.29, 0.717) is 18.7 Å². The van der Waals surface area contributed by atoms with Gasteiger partial charge >= 0.3 is 6.61 Å². The van der Waals surface area contributed by atoms with Gasteiger partial charge in [-0.15, -0.1) is 0 Å². The Balaban J connectivity index is 1.52. The molecule has 0 radical (unpaired) electrons. The number of nitrogens with zero attached hydrogens (tertiary/aromatic N) is 2. The normalized spacial score (nSPS) is 15.3. The van der Waals surface area contributed by atoms with Gasteiger partial charge in [-0.05, 0) is 36.8 Å². The predicted octanol–water partition coefficient (Wildman–Crippen LogP) is 3.55. The number of benzene rings is 2. The van der Waals surface area contributed by atoms with Gasteiger partial charge < -0.3 is 9.64 Å². The van der Waals surface area contributed by atoms with Gasteiger partial charge in [-0.3, -0.25) is 9.69 Å². The highest BCUT2D eigenvalue weighted by atomic mass is 19.3. The zero-order chi connectivity index (χ0) is 18.5. The first-order chi connectivity index (χ1) is 12.5. The van der Waals surface area contributed by atoms with Crippen molar-refractivity contribution in [3.8, 4) is 5.75 Å². The molecule has 4 nitrogen and oxygen atoms in total. The largest absolute Gasteiger partial charge is 0.435 e. The number of carbonyl (C=O) groups is 1. The van der Waals surface area contributed by atoms with Crippen molar-refractivity contribution in [1.82, 2.24) is 9.80 Å². The molecule has 1 saturated heterocycles. The lowest BCUT2D eigenvalue weighted by molar-refractivity contribution is -0.0498. The van der Waals surface area contributed by atoms with Crippen LogP contribution in [-0.2, 0) is 6.54 Å². The minimum Gasteiger partial charge on any atom is -0.435 e. The van der Waals surface area contributed by atoms with E-state index < -0.39 is 6.61 Å². The summed E-state index contributed by atoms with van der Waals surface area (Å²) in [5.41, 5.74) is 3.00. The number of piperazine rings is 1. The quantitative estimate of drug-likeness (QED) is 0.817. The summed E-state index contributed by atoms with van der Waals surface area (Å²) >= 11 is 0. The molecule has 0 bridgehead atoms. The topological polar surface area (TPSA) is 32.8 Å². The number of aryl methyl sites for hydroxylation is 1. The fourth-order valence-corrected chi connectivity index (χ4v) is 3.02. The number of rotatable bonds is 5. The van der Waals surface area contributed by atoms with E-state index in [1.807, 2.05) is 0 Å². The van der Waals surface area contributed by atoms with E-state index >= 15 is 0 Å². The maximum Gasteiger partial charge on any atom is 0.387 e. The molecule has 2 aromatic carbocycles. The molecule has 3 rings (SSSR count). The van der Waals surface area contributed by atoms with Crippen LogP contribution in [0.2, 0.25) is 0 Å². The number of halogens is 2. The fourth-order valence-electron chi connectivity index (χ4n) is 3.02. The predicted molar refractivity (Wildman–Crippen MR) is 95.4 cm³/mol. The molecule has 1 fully saturated rings. The summed E-state index contributed by atoms with van der Waals surface area (Å²) in [7, 11) is 0. The lowest BCUT2D eigenvalue weighted by atomic mass is 10.1. The molecule has 0 N–H and O–H groups in total. The molecule has 0 aromatic heterocycles. The molecule has 1 aliphatic heterocycles. The Kier molecular flexibility index (Phi) is 5.83. The number of alkyl halides is 2. The van der Waals surface area contributed by atoms with Crippen molar-refractivity contribution in [1.29, 1.82) is 0 Å². The van der Waals surface area contributed by atoms with E-state index in [9.17, 15) is 13.6 Å². The summed E-state index contributed by atoms with van der Waals surface area (Å²) in [6.07, 6.45) is 0. The second kappa shape index (κ2) is 8.27. The first kappa shape index (κ1) is 18.3. The molecule has 1 aliphatic rings. The van der Waals surface area contributed by atoms with Crippen LogP contribution in [0.3, 0.4) is 0 Å². The van der Waals surface area contributed by atoms with Crippen molar-refractivity contribution in [3.63, 3.8) is 0 Å². The number of hydrogen-bond acceptors (Lipinski definition) is 3. The number of ether oxygens (including phenoxy) is 1. The third-order valence-electron chi connectivity index (χ3n) is 4.51. The van der Waals surface area contributed by atoms with Crippen LogP contribution in [0.15, 0.2) is 48.5 Å². The molecule has 0 unspecified atom stereocenters. The fraction of sp³-hybridized carbons (Fsp3) is 0.350. The van der Waals surface area contributed by atoms with Crippen LogP contribution in [-0.4, -0.2) is 48.5 Å². The van der Waals surface area contributed by atoms with Gasteiger partial charge in [0.2, 0.25) is 0 Å². The SMILES string of the molecule is Cc1ccc(CN2CCN(C(=O)c3ccc(OC(F)F)cc3)CC2)cc1. The molecule has 138 valence electrons. The van der Waals surface area contributed by atoms with Gasteiger partial charge in [-0.2, -0.15) is 8.78 Å². The van der Waals surface area contributed by atoms with Crippen molar-refractivity contribution in [3.05, 3.63) is 65.2 Å². The molecule has 0 spiro atoms. The van der Waals surface area contributed by atoms with Crippen LogP contribution in [0, 0.1) is 6.92 Å². The molecule has 2 aromatic rings. The maximum absolute atomic E-state index is 12.6. The van der Waals surface area contributed by atoms with Crippen molar-refractivity contribution in [2.45, 2.75) is 20.1 Å². The Labute approximate surface area is 152 Å². The van der Waals surface area contributed by atoms with Crippen molar-refractivity contribution < 1.29 is 18.3 Å². The molecule has 0 atom stereocenters. The van der Waals surface area contributed by atoms with Crippen LogP contribution in [0.5, 0.6) is 5.75 Å². The highest BCUT2D eigenvalue weighted by Gasteiger charge is 2.22. The Morgan fingerprint density at radius 2 is 1.62 bits per heavy atom. The van der Waals surface area contributed by atoms with E-state index in [1.165, 1.54) is 35.4 Å². The maximum atomic E-state index is 12.6. The summed E-state index contributed by atoms with van der Waals surface area (Å²) in [5, 5.41) is 0. The zero-order valence-electron chi connectivity index (χ0n) is 14.7. The minimum absolute atomic E-state index is 0.0551. The third kappa shape index (κ3) is 4.79. The second-order valence-electron chi connectivity index (χ2n) is 6.46. The number of amides is 1. The Bertz CT molecular complexity index is 724. The summed E-state index contributed by atoms with van der Waals surface area (Å²) in [5.74, 6) is -0.0250. The molecule has 1 heterocycles. The lowest BCUT2D eigenvalue weighted by Gasteiger charge is -2.34. The van der Waals surface area contributed by atoms with E-state index in [-0.39, 0.29) is 11.7 Å². The summed E-state index contributed by atoms with van der Waals surface area (Å²) in [6, 6.07) is 14.3. The van der Waals surface area contributed by atoms with Crippen LogP contribution >= 0.6 is 0 Å². The van der Waals surface area contributed by atoms with Gasteiger partial charge in [-0.1, -0.05) is 29.8 Å². The van der Waals surface area contributed by atoms with Gasteiger partial charge in [-0.25, -0.2) is 0 Å². The monoisotopic (exact) mass is 360 g/mol. The number of hydrogen-bond donors (Lipinski definition) is 0. The average molecular weight is 360 g/mol. The summed E-state index contributed by atoms with van der Waals surface area (Å²) < 4.78 is 28.7. The van der Waals surface area contributed by atoms with Crippen molar-refractivity contribution in [2.24, 2.45) is 0 Å². The van der Waals surface area contributed by atoms with E-state index in [0.717, 1.165) is 19.6 Å². The first-order valence-corrected chi connectivity index (χ1v) is 8.63. The Hall–Kier alpha value is -2.47. The standard InChI is InChI=1S/C20H22F2N2O2/c1-15-2-4-16(5-3-15)14-23-10-12-24(13-11-23)19(25)17-6-8-18(9-7-17)26-20(21)22/h2-9,20H,10-14H2,1H3. The van der Waals surface area contributed by atoms with E-state index in [2.05, 4.69) is 40.8 Å². The van der Waals surface area contributed by atoms with Crippen LogP contribution in [0.1, 0.15) is 21.5 Å². The van der Waals surface area contributed by atoms with E-state index in [1.54, 1.807) is 4.90 Å². The molecule has 0 saturated carbocycles. The third-order valence-corrected chi connectivity index (χ3v) is 4.51. The summed E-state index contributed by atoms with van der Waals surface area (Å²) in [6.45, 7) is 3.01. The second-order valence-corrected chi connectivity index (χ2v) is 6.46. The molecule has 0 aliphatic carbocycles. The van der Waals surface area contributed by atoms with Gasteiger partial charge in [0.1, 0.15) is 5.75 Å². The molecule has 6 heteroatoms. The summed E-state index contributed by atoms with van der Waals surface area (Å²) in [4.78, 5) is 16.7. The number of carbonyl (C=O) groups excluding carboxylic acids is 1. The lowest BCUT2D eigenvalue weighted by Crippen LogP contribution is -2.48. The Morgan fingerprint density at radius 3 is 2.19 bits per heavy atom. The molecule has 26 heavy (non-hydrogen) atoms. The molecular formula is C20H22F2N2O2. The molecular weight excluding hydrogens is 338 g/mol. The smallest absolute Gasteiger partial charge is 0.387 e. The average Bonchev–Trinajstić information content (AvgIpc) is 2.64. The van der Waals surface area contributed by atoms with Gasteiger partial charge in [0.25, 0.3) is 5.91 Å². The molecule has 1 amide bonds. The van der Waals surface area contributed by atoms with Crippen molar-refractivity contribution >= 4 is 5.91 Å².